The Bertz CT molecular complexity index is 1680. The molecule has 5 N–H and O–H groups in total. The van der Waals surface area contributed by atoms with Crippen LogP contribution in [0.4, 0.5) is 16.2 Å². The third-order valence-electron chi connectivity index (χ3n) is 5.78. The number of carbonyl (C=O) groups excluding carboxylic acids is 4. The maximum atomic E-state index is 13.1. The molecule has 1 aliphatic rings. The summed E-state index contributed by atoms with van der Waals surface area (Å²) in [7, 11) is 0. The van der Waals surface area contributed by atoms with Crippen molar-refractivity contribution in [1.82, 2.24) is 15.3 Å². The lowest BCUT2D eigenvalue weighted by molar-refractivity contribution is -0.142. The Labute approximate surface area is 245 Å². The van der Waals surface area contributed by atoms with Crippen LogP contribution in [0.2, 0.25) is 5.02 Å². The second-order valence-electron chi connectivity index (χ2n) is 8.55. The number of fused-ring (bicyclic) bond motifs is 2. The summed E-state index contributed by atoms with van der Waals surface area (Å²) in [6.07, 6.45) is 3.03. The van der Waals surface area contributed by atoms with Crippen LogP contribution in [0.15, 0.2) is 77.5 Å². The second-order valence-corrected chi connectivity index (χ2v) is 9.87. The van der Waals surface area contributed by atoms with Gasteiger partial charge in [-0.2, -0.15) is 0 Å². The molecule has 1 aromatic heterocycles. The summed E-state index contributed by atoms with van der Waals surface area (Å²) in [5.41, 5.74) is 10.1. The Morgan fingerprint density at radius 2 is 1.71 bits per heavy atom. The van der Waals surface area contributed by atoms with Crippen LogP contribution < -0.4 is 26.6 Å². The van der Waals surface area contributed by atoms with E-state index in [2.05, 4.69) is 42.0 Å². The van der Waals surface area contributed by atoms with Crippen LogP contribution in [0.3, 0.4) is 0 Å². The molecule has 3 amide bonds. The average molecular weight is 638 g/mol. The zero-order chi connectivity index (χ0) is 29.1. The number of amides is 3. The number of ketones is 1. The first-order valence-electron chi connectivity index (χ1n) is 11.8. The van der Waals surface area contributed by atoms with Gasteiger partial charge in [0.2, 0.25) is 0 Å². The van der Waals surface area contributed by atoms with Crippen LogP contribution >= 0.6 is 27.5 Å². The first kappa shape index (κ1) is 27.7. The van der Waals surface area contributed by atoms with E-state index in [1.54, 1.807) is 12.1 Å². The monoisotopic (exact) mass is 636 g/mol. The summed E-state index contributed by atoms with van der Waals surface area (Å²) >= 11 is 9.48. The molecule has 0 spiro atoms. The van der Waals surface area contributed by atoms with Crippen LogP contribution in [0.1, 0.15) is 37.9 Å². The molecule has 1 aliphatic heterocycles. The third kappa shape index (κ3) is 6.32. The topological polar surface area (TPSA) is 175 Å². The van der Waals surface area contributed by atoms with Gasteiger partial charge in [-0.1, -0.05) is 23.7 Å². The smallest absolute Gasteiger partial charge is 0.353 e. The minimum absolute atomic E-state index is 0.0837. The van der Waals surface area contributed by atoms with E-state index in [1.165, 1.54) is 60.9 Å². The molecule has 0 saturated heterocycles. The summed E-state index contributed by atoms with van der Waals surface area (Å²) in [6.45, 7) is 0. The summed E-state index contributed by atoms with van der Waals surface area (Å²) < 4.78 is 6.21. The Hall–Kier alpha value is -4.85. The van der Waals surface area contributed by atoms with Gasteiger partial charge in [0.15, 0.2) is 5.78 Å². The molecule has 14 heteroatoms. The van der Waals surface area contributed by atoms with Crippen molar-refractivity contribution in [2.45, 2.75) is 6.04 Å². The highest BCUT2D eigenvalue weighted by Crippen LogP contribution is 2.31. The molecule has 0 saturated carbocycles. The predicted octanol–water partition coefficient (Wildman–Crippen LogP) is 4.76. The number of nitrogens with zero attached hydrogens (tertiary/aromatic N) is 2. The van der Waals surface area contributed by atoms with Gasteiger partial charge >= 0.3 is 18.0 Å². The SMILES string of the molecule is NC1C(=O)ONc2ccc(C(=O)c3ccc(C(=O)NC(=O)Nc4ccc(Oc5ncc(Br)cn5)c(Cl)c4)cc3)c1c2. The number of carbonyl (C=O) groups is 4. The van der Waals surface area contributed by atoms with E-state index < -0.39 is 29.7 Å². The number of aromatic nitrogens is 2. The van der Waals surface area contributed by atoms with Gasteiger partial charge in [-0.15, -0.1) is 0 Å². The number of urea groups is 1. The van der Waals surface area contributed by atoms with Gasteiger partial charge in [-0.25, -0.2) is 25.0 Å². The molecule has 41 heavy (non-hydrogen) atoms. The van der Waals surface area contributed by atoms with E-state index in [4.69, 9.17) is 26.9 Å². The van der Waals surface area contributed by atoms with E-state index in [1.807, 2.05) is 0 Å². The fourth-order valence-corrected chi connectivity index (χ4v) is 4.19. The summed E-state index contributed by atoms with van der Waals surface area (Å²) in [5.74, 6) is -1.57. The standard InChI is InChI=1S/C27H18BrClN6O6/c28-15-11-31-27(32-12-15)40-21-8-6-16(10-20(21)29)33-26(39)34-24(37)14-3-1-13(2-4-14)23(36)18-7-5-17-9-19(18)22(30)25(38)41-35-17/h1-12,22,35H,30H2,(H2,33,34,37,39). The maximum absolute atomic E-state index is 13.1. The Morgan fingerprint density at radius 3 is 2.41 bits per heavy atom. The number of hydrogen-bond acceptors (Lipinski definition) is 10. The number of anilines is 2. The quantitative estimate of drug-likeness (QED) is 0.216. The second kappa shape index (κ2) is 11.7. The number of benzene rings is 3. The number of ether oxygens (including phenoxy) is 1. The Kier molecular flexibility index (Phi) is 7.92. The highest BCUT2D eigenvalue weighted by molar-refractivity contribution is 9.10. The molecule has 4 aromatic rings. The Balaban J connectivity index is 1.21. The average Bonchev–Trinajstić information content (AvgIpc) is 3.07. The molecule has 5 rings (SSSR count). The first-order chi connectivity index (χ1) is 19.7. The number of nitrogens with one attached hydrogen (secondary N) is 3. The largest absolute Gasteiger partial charge is 0.423 e. The molecular weight excluding hydrogens is 620 g/mol. The maximum Gasteiger partial charge on any atom is 0.353 e. The van der Waals surface area contributed by atoms with Gasteiger partial charge in [0.05, 0.1) is 15.2 Å². The highest BCUT2D eigenvalue weighted by Gasteiger charge is 2.27. The van der Waals surface area contributed by atoms with Crippen molar-refractivity contribution in [3.05, 3.63) is 105 Å². The number of halogens is 2. The van der Waals surface area contributed by atoms with Crippen LogP contribution in [0.25, 0.3) is 0 Å². The number of hydrogen-bond donors (Lipinski definition) is 4. The van der Waals surface area contributed by atoms with Gasteiger partial charge < -0.3 is 20.6 Å². The lowest BCUT2D eigenvalue weighted by atomic mass is 9.93. The predicted molar refractivity (Wildman–Crippen MR) is 151 cm³/mol. The third-order valence-corrected chi connectivity index (χ3v) is 6.48. The number of rotatable bonds is 6. The summed E-state index contributed by atoms with van der Waals surface area (Å²) in [4.78, 5) is 63.0. The molecule has 2 heterocycles. The fraction of sp³-hybridized carbons (Fsp3) is 0.0370. The van der Waals surface area contributed by atoms with Crippen LogP contribution in [0.5, 0.6) is 11.8 Å². The van der Waals surface area contributed by atoms with Crippen molar-refractivity contribution in [2.75, 3.05) is 10.8 Å². The minimum Gasteiger partial charge on any atom is -0.423 e. The van der Waals surface area contributed by atoms with Crippen molar-refractivity contribution in [3.8, 4) is 11.8 Å². The van der Waals surface area contributed by atoms with E-state index >= 15 is 0 Å². The fourth-order valence-electron chi connectivity index (χ4n) is 3.77. The van der Waals surface area contributed by atoms with Gasteiger partial charge in [0.1, 0.15) is 11.8 Å². The van der Waals surface area contributed by atoms with E-state index in [9.17, 15) is 19.2 Å². The van der Waals surface area contributed by atoms with Crippen LogP contribution in [-0.4, -0.2) is 33.7 Å². The zero-order valence-corrected chi connectivity index (χ0v) is 23.0. The molecule has 0 fully saturated rings. The molecule has 1 atom stereocenters. The Morgan fingerprint density at radius 1 is 1.00 bits per heavy atom. The van der Waals surface area contributed by atoms with Gasteiger partial charge in [0.25, 0.3) is 5.91 Å². The molecule has 2 bridgehead atoms. The number of imide groups is 1. The van der Waals surface area contributed by atoms with Crippen LogP contribution in [-0.2, 0) is 9.63 Å². The normalized spacial score (nSPS) is 13.7. The van der Waals surface area contributed by atoms with Gasteiger partial charge in [0, 0.05) is 34.8 Å². The van der Waals surface area contributed by atoms with Crippen molar-refractivity contribution >= 4 is 62.6 Å². The lowest BCUT2D eigenvalue weighted by Gasteiger charge is -2.12. The van der Waals surface area contributed by atoms with Crippen LogP contribution in [0, 0.1) is 0 Å². The van der Waals surface area contributed by atoms with Gasteiger partial charge in [-0.3, -0.25) is 14.9 Å². The van der Waals surface area contributed by atoms with E-state index in [-0.39, 0.29) is 33.5 Å². The van der Waals surface area contributed by atoms with E-state index in [0.717, 1.165) is 0 Å². The zero-order valence-electron chi connectivity index (χ0n) is 20.7. The van der Waals surface area contributed by atoms with Crippen molar-refractivity contribution in [1.29, 1.82) is 0 Å². The van der Waals surface area contributed by atoms with Gasteiger partial charge in [-0.05, 0) is 70.0 Å². The van der Waals surface area contributed by atoms with E-state index in [0.29, 0.717) is 21.4 Å². The molecule has 3 aromatic carbocycles. The molecule has 12 nitrogen and oxygen atoms in total. The lowest BCUT2D eigenvalue weighted by Crippen LogP contribution is -2.34. The van der Waals surface area contributed by atoms with Crippen molar-refractivity contribution in [2.24, 2.45) is 5.73 Å². The minimum atomic E-state index is -1.15. The van der Waals surface area contributed by atoms with Crippen molar-refractivity contribution in [3.63, 3.8) is 0 Å². The summed E-state index contributed by atoms with van der Waals surface area (Å²) in [6, 6.07) is 12.9. The molecule has 0 radical (unpaired) electrons. The van der Waals surface area contributed by atoms with Crippen molar-refractivity contribution < 1.29 is 28.8 Å². The molecule has 0 aliphatic carbocycles. The number of nitrogens with two attached hydrogens (primary N) is 1. The molecule has 206 valence electrons. The first-order valence-corrected chi connectivity index (χ1v) is 12.9. The molecular formula is C27H18BrClN6O6. The highest BCUT2D eigenvalue weighted by atomic mass is 79.9. The summed E-state index contributed by atoms with van der Waals surface area (Å²) in [5, 5.41) is 4.89. The molecule has 1 unspecified atom stereocenters.